The quantitative estimate of drug-likeness (QED) is 0.173. The summed E-state index contributed by atoms with van der Waals surface area (Å²) in [6.07, 6.45) is 0.545. The van der Waals surface area contributed by atoms with Crippen molar-refractivity contribution in [2.75, 3.05) is 27.4 Å². The summed E-state index contributed by atoms with van der Waals surface area (Å²) in [5.41, 5.74) is 3.46. The van der Waals surface area contributed by atoms with E-state index in [0.717, 1.165) is 11.1 Å². The standard InChI is InChI=1S/C36H37N3O5/c1-6-44-28-18-16-27(17-19-28)39-34(37-31-14-10-9-13-30(31)36(39)41)25(3)38(35(40)29-12-8-7-11-24(29)2)22-21-26-15-20-32(42-4)33(23-26)43-5/h7-20,23,25H,6,21-22H2,1-5H3. The SMILES string of the molecule is CCOc1ccc(-n2c(C(C)N(CCc3ccc(OC)c(OC)c3)C(=O)c3ccccc3C)nc3ccccc3c2=O)cc1. The number of amides is 1. The predicted octanol–water partition coefficient (Wildman–Crippen LogP) is 6.56. The second kappa shape index (κ2) is 13.5. The summed E-state index contributed by atoms with van der Waals surface area (Å²) in [6, 6.07) is 27.4. The van der Waals surface area contributed by atoms with Crippen molar-refractivity contribution in [1.82, 2.24) is 14.5 Å². The first-order valence-electron chi connectivity index (χ1n) is 14.7. The minimum atomic E-state index is -0.564. The molecule has 0 saturated heterocycles. The summed E-state index contributed by atoms with van der Waals surface area (Å²) in [5.74, 6) is 2.29. The molecule has 1 atom stereocenters. The summed E-state index contributed by atoms with van der Waals surface area (Å²) in [7, 11) is 3.20. The fourth-order valence-corrected chi connectivity index (χ4v) is 5.40. The molecule has 0 aliphatic rings. The maximum atomic E-state index is 14.3. The number of aryl methyl sites for hydroxylation is 1. The van der Waals surface area contributed by atoms with E-state index in [-0.39, 0.29) is 11.5 Å². The van der Waals surface area contributed by atoms with Crippen LogP contribution in [0.15, 0.2) is 95.8 Å². The average molecular weight is 592 g/mol. The molecule has 8 heteroatoms. The molecule has 5 aromatic rings. The predicted molar refractivity (Wildman–Crippen MR) is 172 cm³/mol. The highest BCUT2D eigenvalue weighted by Crippen LogP contribution is 2.30. The van der Waals surface area contributed by atoms with Gasteiger partial charge in [-0.1, -0.05) is 36.4 Å². The van der Waals surface area contributed by atoms with Crippen LogP contribution in [-0.2, 0) is 6.42 Å². The lowest BCUT2D eigenvalue weighted by atomic mass is 10.0. The molecule has 1 aromatic heterocycles. The first-order valence-corrected chi connectivity index (χ1v) is 14.7. The van der Waals surface area contributed by atoms with Crippen LogP contribution in [0.2, 0.25) is 0 Å². The smallest absolute Gasteiger partial charge is 0.266 e. The third-order valence-corrected chi connectivity index (χ3v) is 7.77. The molecule has 0 fully saturated rings. The Bertz CT molecular complexity index is 1830. The lowest BCUT2D eigenvalue weighted by Gasteiger charge is -2.31. The fraction of sp³-hybridized carbons (Fsp3) is 0.250. The number of ether oxygens (including phenoxy) is 3. The van der Waals surface area contributed by atoms with Crippen molar-refractivity contribution in [1.29, 1.82) is 0 Å². The van der Waals surface area contributed by atoms with E-state index in [0.29, 0.717) is 64.8 Å². The number of nitrogens with zero attached hydrogens (tertiary/aromatic N) is 3. The second-order valence-corrected chi connectivity index (χ2v) is 10.5. The molecule has 0 spiro atoms. The van der Waals surface area contributed by atoms with Gasteiger partial charge in [0.15, 0.2) is 11.5 Å². The van der Waals surface area contributed by atoms with Crippen molar-refractivity contribution in [2.24, 2.45) is 0 Å². The molecule has 226 valence electrons. The Kier molecular flexibility index (Phi) is 9.29. The number of aromatic nitrogens is 2. The minimum Gasteiger partial charge on any atom is -0.494 e. The third kappa shape index (κ3) is 6.15. The Labute approximate surface area is 257 Å². The van der Waals surface area contributed by atoms with Crippen LogP contribution < -0.4 is 19.8 Å². The first kappa shape index (κ1) is 30.4. The van der Waals surface area contributed by atoms with Crippen molar-refractivity contribution in [3.05, 3.63) is 124 Å². The Balaban J connectivity index is 1.62. The highest BCUT2D eigenvalue weighted by molar-refractivity contribution is 5.96. The van der Waals surface area contributed by atoms with Gasteiger partial charge < -0.3 is 19.1 Å². The lowest BCUT2D eigenvalue weighted by Crippen LogP contribution is -2.39. The van der Waals surface area contributed by atoms with Gasteiger partial charge in [-0.3, -0.25) is 14.2 Å². The van der Waals surface area contributed by atoms with Crippen molar-refractivity contribution >= 4 is 16.8 Å². The maximum Gasteiger partial charge on any atom is 0.266 e. The van der Waals surface area contributed by atoms with E-state index in [2.05, 4.69) is 0 Å². The average Bonchev–Trinajstić information content (AvgIpc) is 3.05. The van der Waals surface area contributed by atoms with Gasteiger partial charge in [0, 0.05) is 12.1 Å². The zero-order valence-corrected chi connectivity index (χ0v) is 25.7. The molecule has 1 unspecified atom stereocenters. The topological polar surface area (TPSA) is 82.9 Å². The Hall–Kier alpha value is -5.11. The van der Waals surface area contributed by atoms with Crippen molar-refractivity contribution in [3.63, 3.8) is 0 Å². The van der Waals surface area contributed by atoms with Crippen molar-refractivity contribution < 1.29 is 19.0 Å². The molecule has 1 amide bonds. The third-order valence-electron chi connectivity index (χ3n) is 7.77. The van der Waals surface area contributed by atoms with E-state index in [1.165, 1.54) is 0 Å². The molecule has 0 aliphatic heterocycles. The van der Waals surface area contributed by atoms with Gasteiger partial charge >= 0.3 is 0 Å². The lowest BCUT2D eigenvalue weighted by molar-refractivity contribution is 0.0683. The number of methoxy groups -OCH3 is 2. The number of para-hydroxylation sites is 1. The zero-order chi connectivity index (χ0) is 31.2. The molecule has 1 heterocycles. The number of carbonyl (C=O) groups excluding carboxylic acids is 1. The molecular weight excluding hydrogens is 554 g/mol. The van der Waals surface area contributed by atoms with E-state index in [9.17, 15) is 9.59 Å². The largest absolute Gasteiger partial charge is 0.494 e. The van der Waals surface area contributed by atoms with Gasteiger partial charge in [-0.2, -0.15) is 0 Å². The first-order chi connectivity index (χ1) is 21.4. The fourth-order valence-electron chi connectivity index (χ4n) is 5.40. The molecule has 0 saturated carbocycles. The van der Waals surface area contributed by atoms with Gasteiger partial charge in [-0.15, -0.1) is 0 Å². The Morgan fingerprint density at radius 2 is 1.61 bits per heavy atom. The van der Waals surface area contributed by atoms with Crippen LogP contribution in [0.5, 0.6) is 17.2 Å². The van der Waals surface area contributed by atoms with Gasteiger partial charge in [0.25, 0.3) is 11.5 Å². The Morgan fingerprint density at radius 3 is 2.32 bits per heavy atom. The summed E-state index contributed by atoms with van der Waals surface area (Å²) in [4.78, 5) is 35.1. The van der Waals surface area contributed by atoms with E-state index in [1.54, 1.807) is 29.8 Å². The van der Waals surface area contributed by atoms with E-state index >= 15 is 0 Å². The van der Waals surface area contributed by atoms with Crippen LogP contribution in [0, 0.1) is 6.92 Å². The zero-order valence-electron chi connectivity index (χ0n) is 25.7. The summed E-state index contributed by atoms with van der Waals surface area (Å²) in [5, 5.41) is 0.499. The molecule has 4 aromatic carbocycles. The van der Waals surface area contributed by atoms with Crippen LogP contribution in [0.25, 0.3) is 16.6 Å². The second-order valence-electron chi connectivity index (χ2n) is 10.5. The highest BCUT2D eigenvalue weighted by atomic mass is 16.5. The molecule has 5 rings (SSSR count). The van der Waals surface area contributed by atoms with Gasteiger partial charge in [0.2, 0.25) is 0 Å². The molecule has 0 bridgehead atoms. The molecule has 0 radical (unpaired) electrons. The summed E-state index contributed by atoms with van der Waals surface area (Å²) < 4.78 is 18.2. The number of hydrogen-bond acceptors (Lipinski definition) is 6. The molecule has 0 aliphatic carbocycles. The van der Waals surface area contributed by atoms with Gasteiger partial charge in [-0.25, -0.2) is 4.98 Å². The van der Waals surface area contributed by atoms with Crippen LogP contribution >= 0.6 is 0 Å². The van der Waals surface area contributed by atoms with Crippen LogP contribution in [-0.4, -0.2) is 47.7 Å². The maximum absolute atomic E-state index is 14.3. The summed E-state index contributed by atoms with van der Waals surface area (Å²) in [6.45, 7) is 6.68. The number of benzene rings is 4. The number of hydrogen-bond donors (Lipinski definition) is 0. The number of fused-ring (bicyclic) bond motifs is 1. The monoisotopic (exact) mass is 591 g/mol. The molecule has 0 N–H and O–H groups in total. The van der Waals surface area contributed by atoms with Crippen LogP contribution in [0.4, 0.5) is 0 Å². The normalized spacial score (nSPS) is 11.7. The number of carbonyl (C=O) groups is 1. The molecule has 8 nitrogen and oxygen atoms in total. The summed E-state index contributed by atoms with van der Waals surface area (Å²) >= 11 is 0. The van der Waals surface area contributed by atoms with Crippen LogP contribution in [0.3, 0.4) is 0 Å². The Morgan fingerprint density at radius 1 is 0.909 bits per heavy atom. The van der Waals surface area contributed by atoms with Crippen molar-refractivity contribution in [2.45, 2.75) is 33.2 Å². The minimum absolute atomic E-state index is 0.142. The van der Waals surface area contributed by atoms with Gasteiger partial charge in [0.1, 0.15) is 11.6 Å². The number of rotatable bonds is 11. The molecule has 44 heavy (non-hydrogen) atoms. The van der Waals surface area contributed by atoms with E-state index in [1.807, 2.05) is 106 Å². The van der Waals surface area contributed by atoms with Gasteiger partial charge in [0.05, 0.1) is 43.5 Å². The van der Waals surface area contributed by atoms with E-state index < -0.39 is 6.04 Å². The highest BCUT2D eigenvalue weighted by Gasteiger charge is 2.28. The van der Waals surface area contributed by atoms with E-state index in [4.69, 9.17) is 19.2 Å². The van der Waals surface area contributed by atoms with Crippen molar-refractivity contribution in [3.8, 4) is 22.9 Å². The van der Waals surface area contributed by atoms with Gasteiger partial charge in [-0.05, 0) is 92.9 Å². The molecular formula is C36H37N3O5. The van der Waals surface area contributed by atoms with Crippen LogP contribution in [0.1, 0.15) is 47.2 Å².